The molecule has 0 spiro atoms. The minimum atomic E-state index is -4.38. The van der Waals surface area contributed by atoms with Gasteiger partial charge in [-0.3, -0.25) is 18.6 Å². The monoisotopic (exact) mass is 862 g/mol. The summed E-state index contributed by atoms with van der Waals surface area (Å²) in [5.41, 5.74) is 5.35. The average Bonchev–Trinajstić information content (AvgIpc) is 3.24. The van der Waals surface area contributed by atoms with Crippen LogP contribution in [0.5, 0.6) is 0 Å². The molecule has 0 aliphatic heterocycles. The van der Waals surface area contributed by atoms with Crippen molar-refractivity contribution in [2.45, 2.75) is 206 Å². The van der Waals surface area contributed by atoms with Gasteiger partial charge in [0.2, 0.25) is 0 Å². The van der Waals surface area contributed by atoms with Crippen molar-refractivity contribution in [2.75, 3.05) is 26.4 Å². The Kier molecular flexibility index (Phi) is 44.0. The maximum absolute atomic E-state index is 12.6. The van der Waals surface area contributed by atoms with Gasteiger partial charge in [0.1, 0.15) is 6.61 Å². The smallest absolute Gasteiger partial charge is 0.462 e. The molecule has 0 amide bonds. The SMILES string of the molecule is CC/C=C\C/C=C\C/C=C\C/C=C\C/C=C\CCCCCCCCCCCCCC(=O)OC(COC(=O)CCCCCCC/C=C\CCCCC)COP(=O)(O)OCCN. The van der Waals surface area contributed by atoms with Crippen LogP contribution < -0.4 is 5.73 Å². The van der Waals surface area contributed by atoms with E-state index in [0.29, 0.717) is 6.42 Å². The molecule has 0 aromatic heterocycles. The molecule has 2 unspecified atom stereocenters. The molecule has 0 bridgehead atoms. The van der Waals surface area contributed by atoms with Gasteiger partial charge in [-0.1, -0.05) is 177 Å². The Morgan fingerprint density at radius 1 is 0.517 bits per heavy atom. The molecule has 0 fully saturated rings. The highest BCUT2D eigenvalue weighted by molar-refractivity contribution is 7.47. The first kappa shape index (κ1) is 57.4. The number of ether oxygens (including phenoxy) is 2. The zero-order valence-corrected chi connectivity index (χ0v) is 39.1. The molecule has 3 N–H and O–H groups in total. The first-order valence-electron chi connectivity index (χ1n) is 23.9. The summed E-state index contributed by atoms with van der Waals surface area (Å²) in [6, 6.07) is 0. The fraction of sp³-hybridized carbons (Fsp3) is 0.720. The molecule has 10 heteroatoms. The molecule has 0 rings (SSSR count). The predicted molar refractivity (Wildman–Crippen MR) is 252 cm³/mol. The van der Waals surface area contributed by atoms with Crippen molar-refractivity contribution in [2.24, 2.45) is 5.73 Å². The number of allylic oxidation sites excluding steroid dienone is 12. The fourth-order valence-corrected chi connectivity index (χ4v) is 7.07. The number of rotatable bonds is 44. The Morgan fingerprint density at radius 2 is 0.917 bits per heavy atom. The van der Waals surface area contributed by atoms with Crippen LogP contribution in [0.1, 0.15) is 200 Å². The average molecular weight is 862 g/mol. The Morgan fingerprint density at radius 3 is 1.38 bits per heavy atom. The van der Waals surface area contributed by atoms with Crippen molar-refractivity contribution in [3.05, 3.63) is 72.9 Å². The molecule has 0 aliphatic carbocycles. The van der Waals surface area contributed by atoms with Gasteiger partial charge < -0.3 is 20.1 Å². The number of phosphoric acid groups is 1. The first-order chi connectivity index (χ1) is 29.3. The van der Waals surface area contributed by atoms with Crippen molar-refractivity contribution in [1.29, 1.82) is 0 Å². The van der Waals surface area contributed by atoms with E-state index in [4.69, 9.17) is 24.3 Å². The lowest BCUT2D eigenvalue weighted by Gasteiger charge is -2.19. The quantitative estimate of drug-likeness (QED) is 0.0266. The normalized spacial score (nSPS) is 13.9. The van der Waals surface area contributed by atoms with Gasteiger partial charge in [0.15, 0.2) is 6.10 Å². The van der Waals surface area contributed by atoms with Crippen molar-refractivity contribution in [1.82, 2.24) is 0 Å². The van der Waals surface area contributed by atoms with E-state index in [2.05, 4.69) is 86.8 Å². The number of esters is 2. The number of carbonyl (C=O) groups excluding carboxylic acids is 2. The number of phosphoric ester groups is 1. The second-order valence-electron chi connectivity index (χ2n) is 15.6. The van der Waals surface area contributed by atoms with E-state index in [-0.39, 0.29) is 32.6 Å². The molecule has 2 atom stereocenters. The standard InChI is InChI=1S/C50H88NO8P/c1-3-5-7-9-11-13-15-17-18-19-20-21-22-23-24-25-26-27-28-29-30-31-33-35-37-39-41-43-50(53)59-48(47-58-60(54,55)57-45-44-51)46-56-49(52)42-40-38-36-34-32-16-14-12-10-8-6-4-2/h5,7,11-14,17-18,20-21,23-24,48H,3-4,6,8-10,15-16,19,22,25-47,51H2,1-2H3,(H,54,55)/b7-5-,13-11-,14-12-,18-17-,21-20-,24-23-. The second kappa shape index (κ2) is 46.0. The molecule has 346 valence electrons. The van der Waals surface area contributed by atoms with Crippen molar-refractivity contribution >= 4 is 19.8 Å². The Labute approximate surface area is 367 Å². The third-order valence-electron chi connectivity index (χ3n) is 9.83. The van der Waals surface area contributed by atoms with Crippen molar-refractivity contribution in [3.8, 4) is 0 Å². The molecule has 0 aliphatic rings. The number of hydrogen-bond donors (Lipinski definition) is 2. The number of unbranched alkanes of at least 4 members (excludes halogenated alkanes) is 19. The highest BCUT2D eigenvalue weighted by Crippen LogP contribution is 2.43. The lowest BCUT2D eigenvalue weighted by atomic mass is 10.0. The van der Waals surface area contributed by atoms with Crippen LogP contribution in [0.15, 0.2) is 72.9 Å². The summed E-state index contributed by atoms with van der Waals surface area (Å²) in [5, 5.41) is 0. The van der Waals surface area contributed by atoms with E-state index in [1.807, 2.05) is 0 Å². The maximum Gasteiger partial charge on any atom is 0.472 e. The Balaban J connectivity index is 4.04. The van der Waals surface area contributed by atoms with Crippen LogP contribution in [0.25, 0.3) is 0 Å². The van der Waals surface area contributed by atoms with Crippen LogP contribution in [-0.2, 0) is 32.7 Å². The predicted octanol–water partition coefficient (Wildman–Crippen LogP) is 14.2. The Hall–Kier alpha value is -2.55. The molecular formula is C50H88NO8P. The number of carbonyl (C=O) groups is 2. The zero-order valence-electron chi connectivity index (χ0n) is 38.2. The van der Waals surface area contributed by atoms with E-state index in [9.17, 15) is 19.0 Å². The molecule has 0 heterocycles. The van der Waals surface area contributed by atoms with E-state index in [1.54, 1.807) is 0 Å². The van der Waals surface area contributed by atoms with E-state index < -0.39 is 32.5 Å². The maximum atomic E-state index is 12.6. The third-order valence-corrected chi connectivity index (χ3v) is 10.8. The summed E-state index contributed by atoms with van der Waals surface area (Å²) in [5.74, 6) is -0.845. The number of hydrogen-bond acceptors (Lipinski definition) is 8. The van der Waals surface area contributed by atoms with Gasteiger partial charge in [0, 0.05) is 19.4 Å². The van der Waals surface area contributed by atoms with Gasteiger partial charge >= 0.3 is 19.8 Å². The van der Waals surface area contributed by atoms with Gasteiger partial charge in [0.05, 0.1) is 13.2 Å². The van der Waals surface area contributed by atoms with Gasteiger partial charge in [-0.15, -0.1) is 0 Å². The molecule has 0 aromatic carbocycles. The molecule has 0 saturated heterocycles. The van der Waals surface area contributed by atoms with E-state index >= 15 is 0 Å². The summed E-state index contributed by atoms with van der Waals surface area (Å²) in [4.78, 5) is 34.9. The molecule has 0 aromatic rings. The lowest BCUT2D eigenvalue weighted by Crippen LogP contribution is -2.29. The second-order valence-corrected chi connectivity index (χ2v) is 17.0. The minimum Gasteiger partial charge on any atom is -0.462 e. The van der Waals surface area contributed by atoms with Crippen LogP contribution in [0.2, 0.25) is 0 Å². The summed E-state index contributed by atoms with van der Waals surface area (Å²) >= 11 is 0. The first-order valence-corrected chi connectivity index (χ1v) is 25.4. The van der Waals surface area contributed by atoms with Crippen molar-refractivity contribution in [3.63, 3.8) is 0 Å². The van der Waals surface area contributed by atoms with Crippen LogP contribution in [0.3, 0.4) is 0 Å². The van der Waals surface area contributed by atoms with Gasteiger partial charge in [-0.2, -0.15) is 0 Å². The molecule has 0 radical (unpaired) electrons. The molecule has 9 nitrogen and oxygen atoms in total. The van der Waals surface area contributed by atoms with E-state index in [1.165, 1.54) is 70.6 Å². The van der Waals surface area contributed by atoms with Gasteiger partial charge in [-0.05, 0) is 83.5 Å². The lowest BCUT2D eigenvalue weighted by molar-refractivity contribution is -0.161. The van der Waals surface area contributed by atoms with Gasteiger partial charge in [0.25, 0.3) is 0 Å². The highest BCUT2D eigenvalue weighted by Gasteiger charge is 2.26. The summed E-state index contributed by atoms with van der Waals surface area (Å²) in [7, 11) is -4.38. The number of nitrogens with two attached hydrogens (primary N) is 1. The van der Waals surface area contributed by atoms with Crippen LogP contribution in [0.4, 0.5) is 0 Å². The van der Waals surface area contributed by atoms with Crippen LogP contribution >= 0.6 is 7.82 Å². The third kappa shape index (κ3) is 45.0. The van der Waals surface area contributed by atoms with Crippen LogP contribution in [-0.4, -0.2) is 49.3 Å². The zero-order chi connectivity index (χ0) is 43.9. The van der Waals surface area contributed by atoms with Gasteiger partial charge in [-0.25, -0.2) is 4.57 Å². The van der Waals surface area contributed by atoms with Crippen molar-refractivity contribution < 1.29 is 37.6 Å². The molecule has 60 heavy (non-hydrogen) atoms. The summed E-state index contributed by atoms with van der Waals surface area (Å²) < 4.78 is 32.8. The van der Waals surface area contributed by atoms with E-state index in [0.717, 1.165) is 96.3 Å². The minimum absolute atomic E-state index is 0.0492. The fourth-order valence-electron chi connectivity index (χ4n) is 6.30. The Bertz CT molecular complexity index is 1210. The summed E-state index contributed by atoms with van der Waals surface area (Å²) in [6.45, 7) is 3.58. The largest absolute Gasteiger partial charge is 0.472 e. The topological polar surface area (TPSA) is 134 Å². The molecule has 0 saturated carbocycles. The van der Waals surface area contributed by atoms with Crippen LogP contribution in [0, 0.1) is 0 Å². The summed E-state index contributed by atoms with van der Waals surface area (Å²) in [6.07, 6.45) is 56.5. The highest BCUT2D eigenvalue weighted by atomic mass is 31.2. The molecular weight excluding hydrogens is 774 g/mol.